The molecule has 0 fully saturated rings. The van der Waals surface area contributed by atoms with Gasteiger partial charge in [-0.1, -0.05) is 13.3 Å². The van der Waals surface area contributed by atoms with Gasteiger partial charge in [-0.3, -0.25) is 0 Å². The molecule has 2 N–H and O–H groups in total. The third-order valence-corrected chi connectivity index (χ3v) is 2.99. The maximum absolute atomic E-state index is 9.07. The highest BCUT2D eigenvalue weighted by Gasteiger charge is 2.11. The number of aryl methyl sites for hydroxylation is 1. The highest BCUT2D eigenvalue weighted by molar-refractivity contribution is 5.85. The smallest absolute Gasteiger partial charge is 0.162 e. The van der Waals surface area contributed by atoms with Crippen LogP contribution in [0.4, 0.5) is 5.69 Å². The Balaban J connectivity index is 2.34. The second-order valence-corrected chi connectivity index (χ2v) is 4.35. The summed E-state index contributed by atoms with van der Waals surface area (Å²) in [4.78, 5) is 8.90. The second-order valence-electron chi connectivity index (χ2n) is 4.35. The summed E-state index contributed by atoms with van der Waals surface area (Å²) < 4.78 is 1.94. The van der Waals surface area contributed by atoms with Crippen molar-refractivity contribution in [2.45, 2.75) is 33.2 Å². The zero-order valence-corrected chi connectivity index (χ0v) is 11.0. The highest BCUT2D eigenvalue weighted by Crippen LogP contribution is 2.21. The molecule has 2 aromatic heterocycles. The van der Waals surface area contributed by atoms with E-state index in [1.807, 2.05) is 17.6 Å². The minimum Gasteiger partial charge on any atom is -0.395 e. The quantitative estimate of drug-likeness (QED) is 0.767. The van der Waals surface area contributed by atoms with Gasteiger partial charge in [-0.2, -0.15) is 0 Å². The molecule has 0 bridgehead atoms. The first kappa shape index (κ1) is 12.8. The summed E-state index contributed by atoms with van der Waals surface area (Å²) in [6.07, 6.45) is 4.09. The van der Waals surface area contributed by atoms with Crippen LogP contribution in [0, 0.1) is 6.92 Å². The third-order valence-electron chi connectivity index (χ3n) is 2.99. The van der Waals surface area contributed by atoms with Gasteiger partial charge in [0.15, 0.2) is 5.65 Å². The molecule has 0 unspecified atom stereocenters. The molecule has 0 aliphatic rings. The van der Waals surface area contributed by atoms with Crippen molar-refractivity contribution in [1.82, 2.24) is 14.5 Å². The molecule has 0 saturated heterocycles. The third kappa shape index (κ3) is 2.46. The highest BCUT2D eigenvalue weighted by atomic mass is 16.3. The van der Waals surface area contributed by atoms with Gasteiger partial charge in [0, 0.05) is 19.3 Å². The Morgan fingerprint density at radius 1 is 1.44 bits per heavy atom. The van der Waals surface area contributed by atoms with Gasteiger partial charge in [0.2, 0.25) is 0 Å². The Kier molecular flexibility index (Phi) is 4.15. The molecule has 0 aliphatic carbocycles. The van der Waals surface area contributed by atoms with E-state index >= 15 is 0 Å². The summed E-state index contributed by atoms with van der Waals surface area (Å²) in [6, 6.07) is 1.95. The van der Waals surface area contributed by atoms with Gasteiger partial charge in [0.05, 0.1) is 12.3 Å². The van der Waals surface area contributed by atoms with Crippen molar-refractivity contribution in [2.75, 3.05) is 18.5 Å². The molecule has 5 nitrogen and oxygen atoms in total. The molecule has 2 aromatic rings. The van der Waals surface area contributed by atoms with Crippen LogP contribution in [0.15, 0.2) is 12.3 Å². The van der Waals surface area contributed by atoms with E-state index in [9.17, 15) is 0 Å². The van der Waals surface area contributed by atoms with E-state index < -0.39 is 0 Å². The lowest BCUT2D eigenvalue weighted by Crippen LogP contribution is -2.05. The zero-order chi connectivity index (χ0) is 13.0. The van der Waals surface area contributed by atoms with Gasteiger partial charge in [0.25, 0.3) is 0 Å². The number of aromatic nitrogens is 3. The summed E-state index contributed by atoms with van der Waals surface area (Å²) in [5.74, 6) is 0.885. The van der Waals surface area contributed by atoms with Crippen LogP contribution in [0.1, 0.15) is 25.6 Å². The van der Waals surface area contributed by atoms with E-state index in [2.05, 4.69) is 22.2 Å². The van der Waals surface area contributed by atoms with Gasteiger partial charge >= 0.3 is 0 Å². The first-order chi connectivity index (χ1) is 8.77. The average Bonchev–Trinajstić information content (AvgIpc) is 2.68. The van der Waals surface area contributed by atoms with Gasteiger partial charge in [-0.25, -0.2) is 9.97 Å². The van der Waals surface area contributed by atoms with E-state index in [4.69, 9.17) is 5.11 Å². The fraction of sp³-hybridized carbons (Fsp3) is 0.538. The fourth-order valence-electron chi connectivity index (χ4n) is 2.04. The van der Waals surface area contributed by atoms with Crippen molar-refractivity contribution in [3.8, 4) is 0 Å². The van der Waals surface area contributed by atoms with Crippen LogP contribution in [0.5, 0.6) is 0 Å². The standard InChI is InChI=1S/C13H20N4O/c1-3-4-6-14-11-5-7-15-13-12(11)16-10(2)17(13)8-9-18/h5,7,18H,3-4,6,8-9H2,1-2H3,(H,14,15). The fourth-order valence-corrected chi connectivity index (χ4v) is 2.04. The molecule has 0 amide bonds. The van der Waals surface area contributed by atoms with Gasteiger partial charge in [-0.15, -0.1) is 0 Å². The van der Waals surface area contributed by atoms with Crippen LogP contribution in [0.25, 0.3) is 11.2 Å². The molecule has 0 aromatic carbocycles. The van der Waals surface area contributed by atoms with Crippen LogP contribution < -0.4 is 5.32 Å². The number of aliphatic hydroxyl groups is 1. The molecular formula is C13H20N4O. The number of unbranched alkanes of at least 4 members (excludes halogenated alkanes) is 1. The van der Waals surface area contributed by atoms with Crippen molar-refractivity contribution in [3.63, 3.8) is 0 Å². The topological polar surface area (TPSA) is 63.0 Å². The molecule has 98 valence electrons. The SMILES string of the molecule is CCCCNc1ccnc2c1nc(C)n2CCO. The van der Waals surface area contributed by atoms with Crippen molar-refractivity contribution in [1.29, 1.82) is 0 Å². The number of hydrogen-bond donors (Lipinski definition) is 2. The Labute approximate surface area is 107 Å². The molecule has 0 aliphatic heterocycles. The van der Waals surface area contributed by atoms with Crippen molar-refractivity contribution < 1.29 is 5.11 Å². The van der Waals surface area contributed by atoms with Crippen LogP contribution in [0.3, 0.4) is 0 Å². The van der Waals surface area contributed by atoms with Crippen LogP contribution in [-0.4, -0.2) is 32.8 Å². The number of fused-ring (bicyclic) bond motifs is 1. The number of rotatable bonds is 6. The van der Waals surface area contributed by atoms with Crippen molar-refractivity contribution in [3.05, 3.63) is 18.1 Å². The number of imidazole rings is 1. The summed E-state index contributed by atoms with van der Waals surface area (Å²) in [5, 5.41) is 12.5. The Morgan fingerprint density at radius 3 is 3.00 bits per heavy atom. The largest absolute Gasteiger partial charge is 0.395 e. The number of hydrogen-bond acceptors (Lipinski definition) is 4. The minimum absolute atomic E-state index is 0.0987. The lowest BCUT2D eigenvalue weighted by atomic mass is 10.3. The molecule has 18 heavy (non-hydrogen) atoms. The van der Waals surface area contributed by atoms with E-state index in [0.29, 0.717) is 6.54 Å². The summed E-state index contributed by atoms with van der Waals surface area (Å²) in [5.41, 5.74) is 2.75. The number of nitrogens with zero attached hydrogens (tertiary/aromatic N) is 3. The van der Waals surface area contributed by atoms with Gasteiger partial charge < -0.3 is 15.0 Å². The summed E-state index contributed by atoms with van der Waals surface area (Å²) in [6.45, 7) is 5.69. The Morgan fingerprint density at radius 2 is 2.28 bits per heavy atom. The summed E-state index contributed by atoms with van der Waals surface area (Å²) in [7, 11) is 0. The molecule has 0 radical (unpaired) electrons. The molecule has 0 spiro atoms. The van der Waals surface area contributed by atoms with E-state index in [1.165, 1.54) is 6.42 Å². The first-order valence-electron chi connectivity index (χ1n) is 6.44. The molecule has 0 saturated carbocycles. The van der Waals surface area contributed by atoms with Gasteiger partial charge in [0.1, 0.15) is 11.3 Å². The second kappa shape index (κ2) is 5.82. The Hall–Kier alpha value is -1.62. The van der Waals surface area contributed by atoms with Crippen LogP contribution in [-0.2, 0) is 6.54 Å². The lowest BCUT2D eigenvalue weighted by Gasteiger charge is -2.06. The molecule has 2 heterocycles. The summed E-state index contributed by atoms with van der Waals surface area (Å²) >= 11 is 0. The van der Waals surface area contributed by atoms with Gasteiger partial charge in [-0.05, 0) is 19.4 Å². The minimum atomic E-state index is 0.0987. The van der Waals surface area contributed by atoms with E-state index in [-0.39, 0.29) is 6.61 Å². The van der Waals surface area contributed by atoms with E-state index in [0.717, 1.165) is 35.6 Å². The van der Waals surface area contributed by atoms with Crippen molar-refractivity contribution in [2.24, 2.45) is 0 Å². The first-order valence-corrected chi connectivity index (χ1v) is 6.44. The number of aliphatic hydroxyl groups excluding tert-OH is 1. The van der Waals surface area contributed by atoms with Crippen molar-refractivity contribution >= 4 is 16.9 Å². The number of nitrogens with one attached hydrogen (secondary N) is 1. The zero-order valence-electron chi connectivity index (χ0n) is 11.0. The maximum Gasteiger partial charge on any atom is 0.162 e. The lowest BCUT2D eigenvalue weighted by molar-refractivity contribution is 0.276. The number of pyridine rings is 1. The average molecular weight is 248 g/mol. The molecular weight excluding hydrogens is 228 g/mol. The predicted octanol–water partition coefficient (Wildman–Crippen LogP) is 1.94. The van der Waals surface area contributed by atoms with Crippen LogP contribution >= 0.6 is 0 Å². The molecule has 2 rings (SSSR count). The Bertz CT molecular complexity index is 521. The normalized spacial score (nSPS) is 11.1. The monoisotopic (exact) mass is 248 g/mol. The molecule has 5 heteroatoms. The van der Waals surface area contributed by atoms with Crippen LogP contribution in [0.2, 0.25) is 0 Å². The molecule has 0 atom stereocenters. The van der Waals surface area contributed by atoms with E-state index in [1.54, 1.807) is 6.20 Å². The predicted molar refractivity (Wildman–Crippen MR) is 72.7 cm³/mol. The maximum atomic E-state index is 9.07. The number of anilines is 1.